The maximum Gasteiger partial charge on any atom is 0.471 e. The summed E-state index contributed by atoms with van der Waals surface area (Å²) < 4.78 is 73.7. The Labute approximate surface area is 172 Å². The normalized spacial score (nSPS) is 11.9. The first-order valence-corrected chi connectivity index (χ1v) is 9.79. The number of carbonyl (C=O) groups excluding carboxylic acids is 1. The highest BCUT2D eigenvalue weighted by Gasteiger charge is 2.38. The van der Waals surface area contributed by atoms with Crippen molar-refractivity contribution in [1.29, 1.82) is 0 Å². The fourth-order valence-electron chi connectivity index (χ4n) is 2.32. The molecule has 0 saturated carbocycles. The van der Waals surface area contributed by atoms with Gasteiger partial charge in [0.15, 0.2) is 0 Å². The zero-order valence-electron chi connectivity index (χ0n) is 14.9. The second kappa shape index (κ2) is 7.95. The van der Waals surface area contributed by atoms with Crippen LogP contribution in [0.15, 0.2) is 51.9 Å². The molecule has 0 radical (unpaired) electrons. The first-order chi connectivity index (χ1) is 14.0. The molecular weight excluding hydrogens is 451 g/mol. The zero-order chi connectivity index (χ0) is 22.1. The van der Waals surface area contributed by atoms with Gasteiger partial charge in [-0.15, -0.1) is 0 Å². The lowest BCUT2D eigenvalue weighted by Crippen LogP contribution is -2.30. The summed E-state index contributed by atoms with van der Waals surface area (Å²) in [6, 6.07) is 8.74. The highest BCUT2D eigenvalue weighted by atomic mass is 35.5. The molecule has 0 aliphatic carbocycles. The van der Waals surface area contributed by atoms with E-state index >= 15 is 0 Å². The number of alkyl halides is 3. The average Bonchev–Trinajstić information content (AvgIpc) is 3.18. The van der Waals surface area contributed by atoms with Crippen LogP contribution < -0.4 is 9.46 Å². The van der Waals surface area contributed by atoms with Crippen LogP contribution in [-0.4, -0.2) is 31.6 Å². The molecule has 1 amide bonds. The lowest BCUT2D eigenvalue weighted by molar-refractivity contribution is -0.159. The number of rotatable bonds is 5. The van der Waals surface area contributed by atoms with Gasteiger partial charge in [-0.05, 0) is 30.3 Å². The Morgan fingerprint density at radius 3 is 2.40 bits per heavy atom. The number of nitrogens with zero attached hydrogens (tertiary/aromatic N) is 2. The van der Waals surface area contributed by atoms with E-state index in [1.807, 2.05) is 4.72 Å². The largest absolute Gasteiger partial charge is 0.495 e. The summed E-state index contributed by atoms with van der Waals surface area (Å²) in [5, 5.41) is 3.34. The molecule has 1 heterocycles. The number of sulfonamides is 1. The molecule has 0 aliphatic rings. The molecule has 158 valence electrons. The molecule has 0 spiro atoms. The fraction of sp³-hybridized carbons (Fsp3) is 0.118. The molecule has 8 nitrogen and oxygen atoms in total. The van der Waals surface area contributed by atoms with Crippen molar-refractivity contribution in [2.45, 2.75) is 11.1 Å². The van der Waals surface area contributed by atoms with Crippen molar-refractivity contribution in [3.63, 3.8) is 0 Å². The summed E-state index contributed by atoms with van der Waals surface area (Å²) in [5.41, 5.74) is 0.0491. The number of benzene rings is 2. The van der Waals surface area contributed by atoms with Gasteiger partial charge >= 0.3 is 12.1 Å². The summed E-state index contributed by atoms with van der Waals surface area (Å²) in [6.07, 6.45) is -4.79. The van der Waals surface area contributed by atoms with Gasteiger partial charge in [0.2, 0.25) is 5.82 Å². The highest BCUT2D eigenvalue weighted by molar-refractivity contribution is 7.90. The third-order valence-electron chi connectivity index (χ3n) is 3.72. The molecular formula is C17H11ClF3N3O5S. The van der Waals surface area contributed by atoms with E-state index < -0.39 is 28.0 Å². The highest BCUT2D eigenvalue weighted by Crippen LogP contribution is 2.30. The van der Waals surface area contributed by atoms with E-state index in [-0.39, 0.29) is 32.6 Å². The van der Waals surface area contributed by atoms with Gasteiger partial charge in [0.1, 0.15) is 10.6 Å². The van der Waals surface area contributed by atoms with E-state index in [2.05, 4.69) is 14.7 Å². The maximum atomic E-state index is 12.5. The molecule has 1 N–H and O–H groups in total. The van der Waals surface area contributed by atoms with Gasteiger partial charge in [-0.1, -0.05) is 28.9 Å². The molecule has 3 rings (SSSR count). The van der Waals surface area contributed by atoms with Crippen LogP contribution in [0, 0.1) is 0 Å². The van der Waals surface area contributed by atoms with Crippen molar-refractivity contribution in [2.75, 3.05) is 7.11 Å². The van der Waals surface area contributed by atoms with E-state index in [4.69, 9.17) is 16.3 Å². The van der Waals surface area contributed by atoms with Gasteiger partial charge in [-0.3, -0.25) is 4.79 Å². The zero-order valence-corrected chi connectivity index (χ0v) is 16.5. The van der Waals surface area contributed by atoms with Crippen LogP contribution in [0.5, 0.6) is 5.75 Å². The number of hydrogen-bond acceptors (Lipinski definition) is 7. The summed E-state index contributed by atoms with van der Waals surface area (Å²) >= 11 is 5.82. The van der Waals surface area contributed by atoms with Crippen LogP contribution in [0.25, 0.3) is 11.4 Å². The van der Waals surface area contributed by atoms with Crippen molar-refractivity contribution < 1.29 is 35.6 Å². The van der Waals surface area contributed by atoms with Gasteiger partial charge in [0.25, 0.3) is 15.9 Å². The third kappa shape index (κ3) is 4.54. The first-order valence-electron chi connectivity index (χ1n) is 7.93. The van der Waals surface area contributed by atoms with Crippen LogP contribution in [-0.2, 0) is 16.2 Å². The fourth-order valence-corrected chi connectivity index (χ4v) is 3.73. The lowest BCUT2D eigenvalue weighted by atomic mass is 10.1. The minimum Gasteiger partial charge on any atom is -0.495 e. The van der Waals surface area contributed by atoms with Crippen LogP contribution >= 0.6 is 11.6 Å². The van der Waals surface area contributed by atoms with E-state index in [0.29, 0.717) is 0 Å². The number of carbonyl (C=O) groups is 1. The Bertz CT molecular complexity index is 1190. The molecule has 0 fully saturated rings. The number of methoxy groups -OCH3 is 1. The van der Waals surface area contributed by atoms with E-state index in [1.54, 1.807) is 0 Å². The van der Waals surface area contributed by atoms with Crippen molar-refractivity contribution in [1.82, 2.24) is 14.9 Å². The third-order valence-corrected chi connectivity index (χ3v) is 5.30. The molecule has 30 heavy (non-hydrogen) atoms. The van der Waals surface area contributed by atoms with Crippen LogP contribution in [0.2, 0.25) is 5.02 Å². The monoisotopic (exact) mass is 461 g/mol. The second-order valence-electron chi connectivity index (χ2n) is 5.73. The molecule has 1 aromatic heterocycles. The Balaban J connectivity index is 1.81. The number of ether oxygens (including phenoxy) is 1. The Morgan fingerprint density at radius 1 is 1.17 bits per heavy atom. The van der Waals surface area contributed by atoms with Crippen LogP contribution in [0.3, 0.4) is 0 Å². The molecule has 0 unspecified atom stereocenters. The van der Waals surface area contributed by atoms with Crippen LogP contribution in [0.4, 0.5) is 13.2 Å². The second-order valence-corrected chi connectivity index (χ2v) is 7.82. The van der Waals surface area contributed by atoms with Gasteiger partial charge in [-0.2, -0.15) is 18.2 Å². The Hall–Kier alpha value is -3.12. The number of nitrogens with one attached hydrogen (secondary N) is 1. The topological polar surface area (TPSA) is 111 Å². The van der Waals surface area contributed by atoms with Crippen molar-refractivity contribution in [2.24, 2.45) is 0 Å². The summed E-state index contributed by atoms with van der Waals surface area (Å²) in [4.78, 5) is 15.2. The van der Waals surface area contributed by atoms with E-state index in [9.17, 15) is 26.4 Å². The number of hydrogen-bond donors (Lipinski definition) is 1. The molecule has 0 bridgehead atoms. The SMILES string of the molecule is COc1ccc(Cl)cc1S(=O)(=O)NC(=O)c1ccc(-c2noc(C(F)(F)F)n2)cc1. The van der Waals surface area contributed by atoms with Crippen LogP contribution in [0.1, 0.15) is 16.2 Å². The average molecular weight is 462 g/mol. The number of amides is 1. The first kappa shape index (κ1) is 21.6. The molecule has 3 aromatic rings. The minimum atomic E-state index is -4.79. The van der Waals surface area contributed by atoms with Gasteiger partial charge in [0.05, 0.1) is 7.11 Å². The van der Waals surface area contributed by atoms with Gasteiger partial charge < -0.3 is 9.26 Å². The molecule has 0 atom stereocenters. The quantitative estimate of drug-likeness (QED) is 0.618. The summed E-state index contributed by atoms with van der Waals surface area (Å²) in [7, 11) is -3.07. The standard InChI is InChI=1S/C17H11ClF3N3O5S/c1-28-12-7-6-11(18)8-13(12)30(26,27)24-15(25)10-4-2-9(3-5-10)14-22-16(29-23-14)17(19,20)21/h2-8H,1H3,(H,24,25). The lowest BCUT2D eigenvalue weighted by Gasteiger charge is -2.11. The van der Waals surface area contributed by atoms with E-state index in [0.717, 1.165) is 6.07 Å². The summed E-state index contributed by atoms with van der Waals surface area (Å²) in [5.74, 6) is -2.85. The van der Waals surface area contributed by atoms with E-state index in [1.165, 1.54) is 43.5 Å². The molecule has 0 saturated heterocycles. The molecule has 2 aromatic carbocycles. The predicted octanol–water partition coefficient (Wildman–Crippen LogP) is 3.54. The van der Waals surface area contributed by atoms with Gasteiger partial charge in [-0.25, -0.2) is 13.1 Å². The Morgan fingerprint density at radius 2 is 1.83 bits per heavy atom. The summed E-state index contributed by atoms with van der Waals surface area (Å²) in [6.45, 7) is 0. The Kier molecular flexibility index (Phi) is 5.72. The van der Waals surface area contributed by atoms with Gasteiger partial charge in [0, 0.05) is 16.1 Å². The number of aromatic nitrogens is 2. The van der Waals surface area contributed by atoms with Crippen molar-refractivity contribution in [3.05, 3.63) is 58.9 Å². The maximum absolute atomic E-state index is 12.5. The minimum absolute atomic E-state index is 0.0207. The molecule has 13 heteroatoms. The smallest absolute Gasteiger partial charge is 0.471 e. The predicted molar refractivity (Wildman–Crippen MR) is 97.4 cm³/mol. The van der Waals surface area contributed by atoms with Crippen molar-refractivity contribution in [3.8, 4) is 17.1 Å². The van der Waals surface area contributed by atoms with Crippen molar-refractivity contribution >= 4 is 27.5 Å². The number of halogens is 4. The molecule has 0 aliphatic heterocycles.